The van der Waals surface area contributed by atoms with Gasteiger partial charge in [-0.3, -0.25) is 4.68 Å². The fraction of sp³-hybridized carbons (Fsp3) is 0.500. The van der Waals surface area contributed by atoms with Crippen LogP contribution in [0.4, 0.5) is 16.4 Å². The Hall–Kier alpha value is -3.46. The molecule has 1 unspecified atom stereocenters. The van der Waals surface area contributed by atoms with E-state index in [-0.39, 0.29) is 18.1 Å². The molecule has 2 aromatic heterocycles. The number of aryl methyl sites for hydroxylation is 1. The normalized spacial score (nSPS) is 17.2. The van der Waals surface area contributed by atoms with Crippen molar-refractivity contribution >= 4 is 17.7 Å². The molecule has 37 heavy (non-hydrogen) atoms. The first-order valence-electron chi connectivity index (χ1n) is 13.2. The van der Waals surface area contributed by atoms with Gasteiger partial charge in [-0.15, -0.1) is 0 Å². The minimum absolute atomic E-state index is 0.0241. The summed E-state index contributed by atoms with van der Waals surface area (Å²) in [5.74, 6) is 1.05. The number of aromatic nitrogens is 4. The van der Waals surface area contributed by atoms with Crippen molar-refractivity contribution in [1.82, 2.24) is 30.0 Å². The van der Waals surface area contributed by atoms with Crippen LogP contribution < -0.4 is 10.6 Å². The van der Waals surface area contributed by atoms with Gasteiger partial charge in [0.15, 0.2) is 0 Å². The smallest absolute Gasteiger partial charge is 0.317 e. The van der Waals surface area contributed by atoms with Gasteiger partial charge in [-0.2, -0.15) is 5.10 Å². The molecule has 0 aliphatic carbocycles. The molecule has 1 saturated heterocycles. The van der Waals surface area contributed by atoms with Crippen LogP contribution in [0.15, 0.2) is 36.7 Å². The number of aliphatic hydroxyl groups is 1. The Morgan fingerprint density at radius 1 is 1.19 bits per heavy atom. The molecule has 0 radical (unpaired) electrons. The molecule has 1 fully saturated rings. The van der Waals surface area contributed by atoms with Gasteiger partial charge in [0.2, 0.25) is 5.95 Å². The van der Waals surface area contributed by atoms with Crippen LogP contribution in [0, 0.1) is 11.3 Å². The third-order valence-corrected chi connectivity index (χ3v) is 7.65. The minimum atomic E-state index is -0.0241. The van der Waals surface area contributed by atoms with Gasteiger partial charge in [0.25, 0.3) is 0 Å². The monoisotopic (exact) mass is 503 g/mol. The molecule has 0 saturated carbocycles. The summed E-state index contributed by atoms with van der Waals surface area (Å²) in [6, 6.07) is 7.93. The number of likely N-dealkylation sites (tertiary alicyclic amines) is 1. The number of urea groups is 1. The quantitative estimate of drug-likeness (QED) is 0.447. The molecule has 0 spiro atoms. The van der Waals surface area contributed by atoms with Crippen LogP contribution in [-0.2, 0) is 25.9 Å². The summed E-state index contributed by atoms with van der Waals surface area (Å²) in [5, 5.41) is 20.5. The molecule has 2 aliphatic heterocycles. The molecule has 3 N–H and O–H groups in total. The van der Waals surface area contributed by atoms with Crippen LogP contribution in [0.1, 0.15) is 50.4 Å². The van der Waals surface area contributed by atoms with E-state index in [9.17, 15) is 9.90 Å². The van der Waals surface area contributed by atoms with Gasteiger partial charge >= 0.3 is 6.03 Å². The predicted molar refractivity (Wildman–Crippen MR) is 143 cm³/mol. The van der Waals surface area contributed by atoms with E-state index in [0.29, 0.717) is 24.8 Å². The summed E-state index contributed by atoms with van der Waals surface area (Å²) < 4.78 is 2.03. The van der Waals surface area contributed by atoms with E-state index in [2.05, 4.69) is 41.5 Å². The molecule has 1 aromatic carbocycles. The molecule has 2 aliphatic rings. The molecule has 196 valence electrons. The number of hydrogen-bond acceptors (Lipinski definition) is 6. The highest BCUT2D eigenvalue weighted by atomic mass is 16.3. The Kier molecular flexibility index (Phi) is 7.15. The molecular weight excluding hydrogens is 466 g/mol. The lowest BCUT2D eigenvalue weighted by Gasteiger charge is -2.27. The standard InChI is InChI=1S/C28H37N7O2/c1-28(2,3)22-9-13-34(18-22)27(37)30-16-21-7-6-20(15-19(21)10-14-36)23-8-11-29-26(32-23)33-24-17-31-35-12-4-5-25(24)35/h6-8,11,15,17,22,36H,4-5,9-10,12-14,16,18H2,1-3H3,(H,30,37)(H,29,32,33). The van der Waals surface area contributed by atoms with Gasteiger partial charge in [0, 0.05) is 44.5 Å². The summed E-state index contributed by atoms with van der Waals surface area (Å²) in [6.07, 6.45) is 7.23. The predicted octanol–water partition coefficient (Wildman–Crippen LogP) is 4.14. The molecule has 2 amide bonds. The summed E-state index contributed by atoms with van der Waals surface area (Å²) >= 11 is 0. The van der Waals surface area contributed by atoms with Crippen LogP contribution in [0.25, 0.3) is 11.3 Å². The van der Waals surface area contributed by atoms with Gasteiger partial charge in [0.1, 0.15) is 0 Å². The van der Waals surface area contributed by atoms with Gasteiger partial charge in [-0.05, 0) is 60.3 Å². The SMILES string of the molecule is CC(C)(C)C1CCN(C(=O)NCc2ccc(-c3ccnc(Nc4cnn5c4CCC5)n3)cc2CCO)C1. The average molecular weight is 504 g/mol. The van der Waals surface area contributed by atoms with Crippen molar-refractivity contribution in [1.29, 1.82) is 0 Å². The highest BCUT2D eigenvalue weighted by Gasteiger charge is 2.33. The topological polar surface area (TPSA) is 108 Å². The second-order valence-corrected chi connectivity index (χ2v) is 11.1. The summed E-state index contributed by atoms with van der Waals surface area (Å²) in [4.78, 5) is 23.9. The van der Waals surface area contributed by atoms with Gasteiger partial charge in [-0.25, -0.2) is 14.8 Å². The third kappa shape index (κ3) is 5.61. The first kappa shape index (κ1) is 25.2. The Morgan fingerprint density at radius 2 is 2.05 bits per heavy atom. The Labute approximate surface area is 218 Å². The Bertz CT molecular complexity index is 1260. The maximum absolute atomic E-state index is 12.8. The van der Waals surface area contributed by atoms with E-state index in [1.807, 2.05) is 40.0 Å². The van der Waals surface area contributed by atoms with Crippen molar-refractivity contribution < 1.29 is 9.90 Å². The maximum atomic E-state index is 12.8. The second-order valence-electron chi connectivity index (χ2n) is 11.1. The van der Waals surface area contributed by atoms with E-state index < -0.39 is 0 Å². The number of amides is 2. The van der Waals surface area contributed by atoms with E-state index in [1.165, 1.54) is 5.69 Å². The van der Waals surface area contributed by atoms with Gasteiger partial charge < -0.3 is 20.6 Å². The lowest BCUT2D eigenvalue weighted by molar-refractivity contribution is 0.196. The highest BCUT2D eigenvalue weighted by molar-refractivity contribution is 5.74. The Morgan fingerprint density at radius 3 is 2.84 bits per heavy atom. The van der Waals surface area contributed by atoms with Crippen LogP contribution in [-0.4, -0.2) is 55.5 Å². The number of benzene rings is 1. The molecule has 5 rings (SSSR count). The lowest BCUT2D eigenvalue weighted by Crippen LogP contribution is -2.39. The first-order chi connectivity index (χ1) is 17.8. The van der Waals surface area contributed by atoms with Crippen LogP contribution >= 0.6 is 0 Å². The van der Waals surface area contributed by atoms with Crippen molar-refractivity contribution in [2.75, 3.05) is 25.0 Å². The number of nitrogens with one attached hydrogen (secondary N) is 2. The fourth-order valence-electron chi connectivity index (χ4n) is 5.31. The van der Waals surface area contributed by atoms with Crippen molar-refractivity contribution in [2.24, 2.45) is 11.3 Å². The number of rotatable bonds is 7. The van der Waals surface area contributed by atoms with Crippen LogP contribution in [0.5, 0.6) is 0 Å². The second kappa shape index (κ2) is 10.5. The number of nitrogens with zero attached hydrogens (tertiary/aromatic N) is 5. The van der Waals surface area contributed by atoms with Crippen molar-refractivity contribution in [3.63, 3.8) is 0 Å². The van der Waals surface area contributed by atoms with Crippen molar-refractivity contribution in [2.45, 2.75) is 59.5 Å². The molecule has 3 aromatic rings. The van der Waals surface area contributed by atoms with E-state index in [0.717, 1.165) is 67.0 Å². The minimum Gasteiger partial charge on any atom is -0.396 e. The van der Waals surface area contributed by atoms with Crippen molar-refractivity contribution in [3.8, 4) is 11.3 Å². The molecule has 1 atom stereocenters. The van der Waals surface area contributed by atoms with E-state index in [1.54, 1.807) is 6.20 Å². The summed E-state index contributed by atoms with van der Waals surface area (Å²) in [6.45, 7) is 9.72. The number of hydrogen-bond donors (Lipinski definition) is 3. The highest BCUT2D eigenvalue weighted by Crippen LogP contribution is 2.33. The largest absolute Gasteiger partial charge is 0.396 e. The molecule has 4 heterocycles. The third-order valence-electron chi connectivity index (χ3n) is 7.65. The zero-order chi connectivity index (χ0) is 26.0. The van der Waals surface area contributed by atoms with Gasteiger partial charge in [-0.1, -0.05) is 32.9 Å². The molecule has 9 heteroatoms. The van der Waals surface area contributed by atoms with Crippen LogP contribution in [0.3, 0.4) is 0 Å². The van der Waals surface area contributed by atoms with Crippen molar-refractivity contribution in [3.05, 3.63) is 53.5 Å². The van der Waals surface area contributed by atoms with E-state index in [4.69, 9.17) is 4.98 Å². The first-order valence-corrected chi connectivity index (χ1v) is 13.2. The average Bonchev–Trinajstić information content (AvgIpc) is 3.62. The number of anilines is 2. The molecule has 9 nitrogen and oxygen atoms in total. The zero-order valence-corrected chi connectivity index (χ0v) is 22.0. The molecular formula is C28H37N7O2. The van der Waals surface area contributed by atoms with Crippen LogP contribution in [0.2, 0.25) is 0 Å². The Balaban J connectivity index is 1.27. The number of aliphatic hydroxyl groups excluding tert-OH is 1. The van der Waals surface area contributed by atoms with E-state index >= 15 is 0 Å². The number of carbonyl (C=O) groups is 1. The lowest BCUT2D eigenvalue weighted by atomic mass is 9.80. The van der Waals surface area contributed by atoms with Gasteiger partial charge in [0.05, 0.1) is 23.3 Å². The zero-order valence-electron chi connectivity index (χ0n) is 22.0. The number of fused-ring (bicyclic) bond motifs is 1. The summed E-state index contributed by atoms with van der Waals surface area (Å²) in [7, 11) is 0. The summed E-state index contributed by atoms with van der Waals surface area (Å²) in [5.41, 5.74) is 6.08. The fourth-order valence-corrected chi connectivity index (χ4v) is 5.31. The molecule has 0 bridgehead atoms. The number of carbonyl (C=O) groups excluding carboxylic acids is 1. The maximum Gasteiger partial charge on any atom is 0.317 e.